The summed E-state index contributed by atoms with van der Waals surface area (Å²) in [7, 11) is 0. The number of benzene rings is 2. The van der Waals surface area contributed by atoms with E-state index in [1.807, 2.05) is 0 Å². The van der Waals surface area contributed by atoms with Crippen molar-refractivity contribution in [1.29, 1.82) is 0 Å². The molecule has 0 atom stereocenters. The fraction of sp³-hybridized carbons (Fsp3) is 0.222. The van der Waals surface area contributed by atoms with Gasteiger partial charge in [-0.2, -0.15) is 0 Å². The van der Waals surface area contributed by atoms with Gasteiger partial charge in [0.05, 0.1) is 6.42 Å². The summed E-state index contributed by atoms with van der Waals surface area (Å²) >= 11 is 0. The van der Waals surface area contributed by atoms with Gasteiger partial charge in [0.2, 0.25) is 6.79 Å². The zero-order chi connectivity index (χ0) is 16.9. The summed E-state index contributed by atoms with van der Waals surface area (Å²) in [5, 5.41) is 0. The van der Waals surface area contributed by atoms with Gasteiger partial charge in [-0.25, -0.2) is 4.39 Å². The van der Waals surface area contributed by atoms with Crippen molar-refractivity contribution in [2.45, 2.75) is 19.4 Å². The van der Waals surface area contributed by atoms with Gasteiger partial charge in [0, 0.05) is 12.0 Å². The smallest absolute Gasteiger partial charge is 0.306 e. The molecular formula is C18H15FO5. The van der Waals surface area contributed by atoms with E-state index in [-0.39, 0.29) is 32.0 Å². The molecule has 0 saturated carbocycles. The molecule has 0 saturated heterocycles. The summed E-state index contributed by atoms with van der Waals surface area (Å²) in [6.45, 7) is 0.282. The van der Waals surface area contributed by atoms with E-state index >= 15 is 0 Å². The number of Topliss-reactive ketones (excluding diaryl/α,β-unsaturated/α-hetero) is 1. The number of carbonyl (C=O) groups is 2. The van der Waals surface area contributed by atoms with Gasteiger partial charge >= 0.3 is 5.97 Å². The number of ketones is 1. The predicted octanol–water partition coefficient (Wildman–Crippen LogP) is 3.26. The van der Waals surface area contributed by atoms with Gasteiger partial charge < -0.3 is 14.2 Å². The third kappa shape index (κ3) is 3.90. The standard InChI is InChI=1S/C18H15FO5/c19-14-4-2-13(3-5-14)15(20)6-8-18(21)22-10-12-1-7-16-17(9-12)24-11-23-16/h1-5,7,9H,6,8,10-11H2. The number of hydrogen-bond acceptors (Lipinski definition) is 5. The topological polar surface area (TPSA) is 61.8 Å². The number of fused-ring (bicyclic) bond motifs is 1. The van der Waals surface area contributed by atoms with Crippen molar-refractivity contribution in [3.8, 4) is 11.5 Å². The summed E-state index contributed by atoms with van der Waals surface area (Å²) < 4.78 is 28.4. The van der Waals surface area contributed by atoms with Crippen LogP contribution in [0.25, 0.3) is 0 Å². The molecule has 0 aromatic heterocycles. The van der Waals surface area contributed by atoms with Gasteiger partial charge in [-0.3, -0.25) is 9.59 Å². The summed E-state index contributed by atoms with van der Waals surface area (Å²) in [5.41, 5.74) is 1.15. The second-order valence-corrected chi connectivity index (χ2v) is 5.28. The molecule has 0 unspecified atom stereocenters. The van der Waals surface area contributed by atoms with Gasteiger partial charge in [0.25, 0.3) is 0 Å². The molecule has 2 aromatic rings. The number of esters is 1. The van der Waals surface area contributed by atoms with Crippen LogP contribution in [0.1, 0.15) is 28.8 Å². The van der Waals surface area contributed by atoms with Crippen molar-refractivity contribution in [2.75, 3.05) is 6.79 Å². The van der Waals surface area contributed by atoms with Gasteiger partial charge in [-0.05, 0) is 42.0 Å². The largest absolute Gasteiger partial charge is 0.461 e. The molecule has 1 heterocycles. The van der Waals surface area contributed by atoms with Crippen LogP contribution >= 0.6 is 0 Å². The third-order valence-corrected chi connectivity index (χ3v) is 3.56. The van der Waals surface area contributed by atoms with Gasteiger partial charge in [-0.1, -0.05) is 6.07 Å². The van der Waals surface area contributed by atoms with Crippen molar-refractivity contribution in [1.82, 2.24) is 0 Å². The summed E-state index contributed by atoms with van der Waals surface area (Å²) in [5.74, 6) is 0.179. The normalized spacial score (nSPS) is 12.0. The van der Waals surface area contributed by atoms with Crippen LogP contribution in [0.15, 0.2) is 42.5 Å². The Hall–Kier alpha value is -2.89. The first kappa shape index (κ1) is 16.0. The first-order valence-electron chi connectivity index (χ1n) is 7.45. The Kier molecular flexibility index (Phi) is 4.74. The zero-order valence-corrected chi connectivity index (χ0v) is 12.8. The maximum absolute atomic E-state index is 12.8. The highest BCUT2D eigenvalue weighted by atomic mass is 19.1. The lowest BCUT2D eigenvalue weighted by molar-refractivity contribution is -0.144. The molecule has 24 heavy (non-hydrogen) atoms. The minimum Gasteiger partial charge on any atom is -0.461 e. The molecule has 124 valence electrons. The quantitative estimate of drug-likeness (QED) is 0.601. The molecular weight excluding hydrogens is 315 g/mol. The molecule has 0 spiro atoms. The monoisotopic (exact) mass is 330 g/mol. The van der Waals surface area contributed by atoms with Crippen LogP contribution in [0.3, 0.4) is 0 Å². The third-order valence-electron chi connectivity index (χ3n) is 3.56. The fourth-order valence-corrected chi connectivity index (χ4v) is 2.26. The van der Waals surface area contributed by atoms with E-state index in [2.05, 4.69) is 0 Å². The average molecular weight is 330 g/mol. The van der Waals surface area contributed by atoms with Crippen molar-refractivity contribution < 1.29 is 28.2 Å². The van der Waals surface area contributed by atoms with Crippen molar-refractivity contribution in [3.63, 3.8) is 0 Å². The molecule has 0 fully saturated rings. The number of hydrogen-bond donors (Lipinski definition) is 0. The Morgan fingerprint density at radius 3 is 2.54 bits per heavy atom. The highest BCUT2D eigenvalue weighted by Crippen LogP contribution is 2.32. The second kappa shape index (κ2) is 7.12. The molecule has 6 heteroatoms. The number of ether oxygens (including phenoxy) is 3. The van der Waals surface area contributed by atoms with Crippen LogP contribution in [0.5, 0.6) is 11.5 Å². The van der Waals surface area contributed by atoms with Crippen LogP contribution in [0.4, 0.5) is 4.39 Å². The molecule has 5 nitrogen and oxygen atoms in total. The maximum Gasteiger partial charge on any atom is 0.306 e. The van der Waals surface area contributed by atoms with Gasteiger partial charge in [0.1, 0.15) is 12.4 Å². The first-order chi connectivity index (χ1) is 11.6. The Labute approximate surface area is 138 Å². The molecule has 0 aliphatic carbocycles. The Morgan fingerprint density at radius 1 is 1.00 bits per heavy atom. The minimum absolute atomic E-state index is 0.0194. The van der Waals surface area contributed by atoms with Crippen LogP contribution in [-0.4, -0.2) is 18.5 Å². The first-order valence-corrected chi connectivity index (χ1v) is 7.45. The number of carbonyl (C=O) groups excluding carboxylic acids is 2. The molecule has 1 aliphatic rings. The molecule has 3 rings (SSSR count). The zero-order valence-electron chi connectivity index (χ0n) is 12.8. The van der Waals surface area contributed by atoms with Crippen LogP contribution in [0.2, 0.25) is 0 Å². The average Bonchev–Trinajstić information content (AvgIpc) is 3.06. The van der Waals surface area contributed by atoms with Crippen molar-refractivity contribution in [3.05, 3.63) is 59.4 Å². The lowest BCUT2D eigenvalue weighted by Gasteiger charge is -2.06. The van der Waals surface area contributed by atoms with E-state index in [4.69, 9.17) is 14.2 Å². The van der Waals surface area contributed by atoms with Crippen LogP contribution < -0.4 is 9.47 Å². The maximum atomic E-state index is 12.8. The van der Waals surface area contributed by atoms with E-state index in [9.17, 15) is 14.0 Å². The number of rotatable bonds is 6. The fourth-order valence-electron chi connectivity index (χ4n) is 2.26. The molecule has 0 bridgehead atoms. The lowest BCUT2D eigenvalue weighted by atomic mass is 10.1. The van der Waals surface area contributed by atoms with E-state index in [0.29, 0.717) is 17.1 Å². The summed E-state index contributed by atoms with van der Waals surface area (Å²) in [6, 6.07) is 10.5. The molecule has 0 amide bonds. The lowest BCUT2D eigenvalue weighted by Crippen LogP contribution is -2.08. The molecule has 0 radical (unpaired) electrons. The second-order valence-electron chi connectivity index (χ2n) is 5.28. The number of halogens is 1. The Bertz CT molecular complexity index is 755. The van der Waals surface area contributed by atoms with Gasteiger partial charge in [0.15, 0.2) is 17.3 Å². The SMILES string of the molecule is O=C(CCC(=O)c1ccc(F)cc1)OCc1ccc2c(c1)OCO2. The highest BCUT2D eigenvalue weighted by molar-refractivity contribution is 5.97. The Morgan fingerprint density at radius 2 is 1.75 bits per heavy atom. The van der Waals surface area contributed by atoms with Crippen molar-refractivity contribution >= 4 is 11.8 Å². The molecule has 0 N–H and O–H groups in total. The predicted molar refractivity (Wildman–Crippen MR) is 82.3 cm³/mol. The van der Waals surface area contributed by atoms with Gasteiger partial charge in [-0.15, -0.1) is 0 Å². The Balaban J connectivity index is 1.46. The molecule has 2 aromatic carbocycles. The molecule has 1 aliphatic heterocycles. The minimum atomic E-state index is -0.469. The van der Waals surface area contributed by atoms with E-state index in [0.717, 1.165) is 5.56 Å². The van der Waals surface area contributed by atoms with E-state index < -0.39 is 11.8 Å². The summed E-state index contributed by atoms with van der Waals surface area (Å²) in [6.07, 6.45) is -0.00757. The van der Waals surface area contributed by atoms with E-state index in [1.54, 1.807) is 18.2 Å². The highest BCUT2D eigenvalue weighted by Gasteiger charge is 2.14. The summed E-state index contributed by atoms with van der Waals surface area (Å²) in [4.78, 5) is 23.7. The van der Waals surface area contributed by atoms with Crippen molar-refractivity contribution in [2.24, 2.45) is 0 Å². The van der Waals surface area contributed by atoms with E-state index in [1.165, 1.54) is 24.3 Å². The van der Waals surface area contributed by atoms with Crippen LogP contribution in [0, 0.1) is 5.82 Å². The van der Waals surface area contributed by atoms with Crippen LogP contribution in [-0.2, 0) is 16.1 Å².